The van der Waals surface area contributed by atoms with Crippen LogP contribution in [0.5, 0.6) is 0 Å². The van der Waals surface area contributed by atoms with Crippen molar-refractivity contribution < 1.29 is 23.8 Å². The molecule has 1 unspecified atom stereocenters. The summed E-state index contributed by atoms with van der Waals surface area (Å²) in [6.07, 6.45) is 3.94. The third-order valence-electron chi connectivity index (χ3n) is 3.90. The van der Waals surface area contributed by atoms with Crippen LogP contribution in [0.25, 0.3) is 0 Å². The van der Waals surface area contributed by atoms with E-state index in [2.05, 4.69) is 9.97 Å². The lowest BCUT2D eigenvalue weighted by Crippen LogP contribution is -2.31. The fraction of sp³-hybridized carbons (Fsp3) is 0.375. The highest BCUT2D eigenvalue weighted by Crippen LogP contribution is 2.34. The Labute approximate surface area is 138 Å². The highest BCUT2D eigenvalue weighted by atomic mass is 16.5. The van der Waals surface area contributed by atoms with Gasteiger partial charge in [0.05, 0.1) is 18.4 Å². The standard InChI is InChI=1S/C16H17N3O5/c1-23-9-10-4-5-14(24-10)13-3-2-6-19(13)15(20)11-7-18-12(8-17-11)16(21)22/h4-5,7-8,13H,2-3,6,9H2,1H3,(H,21,22). The second-order valence-electron chi connectivity index (χ2n) is 5.49. The maximum Gasteiger partial charge on any atom is 0.356 e. The molecule has 0 aromatic carbocycles. The minimum atomic E-state index is -1.18. The molecule has 0 bridgehead atoms. The number of hydrogen-bond acceptors (Lipinski definition) is 6. The lowest BCUT2D eigenvalue weighted by molar-refractivity contribution is 0.0680. The Morgan fingerprint density at radius 1 is 1.33 bits per heavy atom. The normalized spacial score (nSPS) is 17.2. The Bertz CT molecular complexity index is 740. The lowest BCUT2D eigenvalue weighted by Gasteiger charge is -2.22. The SMILES string of the molecule is COCc1ccc(C2CCCN2C(=O)c2cnc(C(=O)O)cn2)o1. The van der Waals surface area contributed by atoms with Crippen LogP contribution in [-0.4, -0.2) is 45.5 Å². The van der Waals surface area contributed by atoms with Crippen LogP contribution in [0.2, 0.25) is 0 Å². The lowest BCUT2D eigenvalue weighted by atomic mass is 10.1. The molecule has 126 valence electrons. The summed E-state index contributed by atoms with van der Waals surface area (Å²) >= 11 is 0. The molecule has 1 atom stereocenters. The van der Waals surface area contributed by atoms with Crippen molar-refractivity contribution in [2.45, 2.75) is 25.5 Å². The average Bonchev–Trinajstić information content (AvgIpc) is 3.23. The van der Waals surface area contributed by atoms with Crippen molar-refractivity contribution in [2.75, 3.05) is 13.7 Å². The molecule has 3 rings (SSSR count). The fourth-order valence-electron chi connectivity index (χ4n) is 2.80. The molecule has 1 aliphatic heterocycles. The quantitative estimate of drug-likeness (QED) is 0.891. The van der Waals surface area contributed by atoms with Crippen molar-refractivity contribution in [2.24, 2.45) is 0 Å². The molecule has 0 spiro atoms. The Morgan fingerprint density at radius 2 is 2.08 bits per heavy atom. The van der Waals surface area contributed by atoms with Crippen LogP contribution in [-0.2, 0) is 11.3 Å². The van der Waals surface area contributed by atoms with Crippen LogP contribution in [0.15, 0.2) is 28.9 Å². The van der Waals surface area contributed by atoms with Crippen LogP contribution in [0.3, 0.4) is 0 Å². The molecular weight excluding hydrogens is 314 g/mol. The number of ether oxygens (including phenoxy) is 1. The largest absolute Gasteiger partial charge is 0.476 e. The van der Waals surface area contributed by atoms with Gasteiger partial charge in [0.15, 0.2) is 5.69 Å². The van der Waals surface area contributed by atoms with E-state index < -0.39 is 5.97 Å². The van der Waals surface area contributed by atoms with Gasteiger partial charge in [0.2, 0.25) is 0 Å². The summed E-state index contributed by atoms with van der Waals surface area (Å²) in [6.45, 7) is 0.967. The molecular formula is C16H17N3O5. The number of nitrogens with zero attached hydrogens (tertiary/aromatic N) is 3. The number of rotatable bonds is 5. The summed E-state index contributed by atoms with van der Waals surface area (Å²) in [5, 5.41) is 8.84. The zero-order valence-corrected chi connectivity index (χ0v) is 13.1. The van der Waals surface area contributed by atoms with Gasteiger partial charge in [-0.25, -0.2) is 14.8 Å². The molecule has 24 heavy (non-hydrogen) atoms. The van der Waals surface area contributed by atoms with Crippen molar-refractivity contribution >= 4 is 11.9 Å². The van der Waals surface area contributed by atoms with Crippen molar-refractivity contribution in [3.8, 4) is 0 Å². The number of likely N-dealkylation sites (tertiary alicyclic amines) is 1. The van der Waals surface area contributed by atoms with Gasteiger partial charge in [0, 0.05) is 13.7 Å². The molecule has 1 amide bonds. The number of carbonyl (C=O) groups excluding carboxylic acids is 1. The third-order valence-corrected chi connectivity index (χ3v) is 3.90. The number of methoxy groups -OCH3 is 1. The zero-order chi connectivity index (χ0) is 17.1. The van der Waals surface area contributed by atoms with E-state index in [1.54, 1.807) is 12.0 Å². The maximum absolute atomic E-state index is 12.7. The number of aromatic carboxylic acids is 1. The van der Waals surface area contributed by atoms with Crippen LogP contribution in [0.1, 0.15) is 51.4 Å². The fourth-order valence-corrected chi connectivity index (χ4v) is 2.80. The molecule has 0 saturated carbocycles. The molecule has 8 heteroatoms. The van der Waals surface area contributed by atoms with Gasteiger partial charge in [-0.3, -0.25) is 4.79 Å². The van der Waals surface area contributed by atoms with Gasteiger partial charge >= 0.3 is 5.97 Å². The summed E-state index contributed by atoms with van der Waals surface area (Å²) in [5.74, 6) is -0.0474. The first-order valence-corrected chi connectivity index (χ1v) is 7.54. The van der Waals surface area contributed by atoms with Crippen LogP contribution >= 0.6 is 0 Å². The van der Waals surface area contributed by atoms with Gasteiger partial charge in [0.25, 0.3) is 5.91 Å². The smallest absolute Gasteiger partial charge is 0.356 e. The van der Waals surface area contributed by atoms with Crippen molar-refractivity contribution in [1.82, 2.24) is 14.9 Å². The van der Waals surface area contributed by atoms with E-state index in [1.165, 1.54) is 6.20 Å². The average molecular weight is 331 g/mol. The van der Waals surface area contributed by atoms with Crippen LogP contribution < -0.4 is 0 Å². The van der Waals surface area contributed by atoms with E-state index in [0.29, 0.717) is 24.7 Å². The topological polar surface area (TPSA) is 106 Å². The summed E-state index contributed by atoms with van der Waals surface area (Å²) in [5.41, 5.74) is -0.0738. The predicted molar refractivity (Wildman–Crippen MR) is 81.4 cm³/mol. The number of carbonyl (C=O) groups is 2. The molecule has 1 aliphatic rings. The van der Waals surface area contributed by atoms with Crippen LogP contribution in [0, 0.1) is 0 Å². The zero-order valence-electron chi connectivity index (χ0n) is 13.1. The first-order valence-electron chi connectivity index (χ1n) is 7.54. The van der Waals surface area contributed by atoms with Crippen molar-refractivity contribution in [3.63, 3.8) is 0 Å². The number of furan rings is 1. The Kier molecular flexibility index (Phi) is 4.57. The Morgan fingerprint density at radius 3 is 2.75 bits per heavy atom. The number of hydrogen-bond donors (Lipinski definition) is 1. The van der Waals surface area contributed by atoms with E-state index in [0.717, 1.165) is 19.0 Å². The van der Waals surface area contributed by atoms with Crippen LogP contribution in [0.4, 0.5) is 0 Å². The highest BCUT2D eigenvalue weighted by Gasteiger charge is 2.33. The summed E-state index contributed by atoms with van der Waals surface area (Å²) in [6, 6.07) is 3.52. The Hall–Kier alpha value is -2.74. The van der Waals surface area contributed by atoms with E-state index >= 15 is 0 Å². The first-order chi connectivity index (χ1) is 11.6. The maximum atomic E-state index is 12.7. The minimum Gasteiger partial charge on any atom is -0.476 e. The number of amides is 1. The number of aromatic nitrogens is 2. The highest BCUT2D eigenvalue weighted by molar-refractivity contribution is 5.93. The second-order valence-corrected chi connectivity index (χ2v) is 5.49. The molecule has 8 nitrogen and oxygen atoms in total. The van der Waals surface area contributed by atoms with E-state index in [4.69, 9.17) is 14.3 Å². The van der Waals surface area contributed by atoms with Gasteiger partial charge in [-0.15, -0.1) is 0 Å². The van der Waals surface area contributed by atoms with E-state index in [1.807, 2.05) is 12.1 Å². The summed E-state index contributed by atoms with van der Waals surface area (Å²) < 4.78 is 10.8. The second kappa shape index (κ2) is 6.79. The Balaban J connectivity index is 1.78. The van der Waals surface area contributed by atoms with E-state index in [9.17, 15) is 9.59 Å². The van der Waals surface area contributed by atoms with Gasteiger partial charge in [-0.05, 0) is 25.0 Å². The predicted octanol–water partition coefficient (Wildman–Crippen LogP) is 1.89. The number of carboxylic acid groups (broad SMARTS) is 1. The summed E-state index contributed by atoms with van der Waals surface area (Å²) in [4.78, 5) is 32.8. The molecule has 0 aliphatic carbocycles. The van der Waals surface area contributed by atoms with Gasteiger partial charge in [0.1, 0.15) is 23.8 Å². The molecule has 1 fully saturated rings. The summed E-state index contributed by atoms with van der Waals surface area (Å²) in [7, 11) is 1.59. The van der Waals surface area contributed by atoms with Crippen molar-refractivity contribution in [1.29, 1.82) is 0 Å². The van der Waals surface area contributed by atoms with Crippen molar-refractivity contribution in [3.05, 3.63) is 47.4 Å². The first kappa shape index (κ1) is 16.1. The molecule has 2 aromatic heterocycles. The molecule has 1 saturated heterocycles. The number of carboxylic acids is 1. The third kappa shape index (κ3) is 3.13. The molecule has 3 heterocycles. The van der Waals surface area contributed by atoms with E-state index in [-0.39, 0.29) is 23.3 Å². The van der Waals surface area contributed by atoms with Gasteiger partial charge < -0.3 is 19.2 Å². The molecule has 1 N–H and O–H groups in total. The van der Waals surface area contributed by atoms with Gasteiger partial charge in [-0.2, -0.15) is 0 Å². The minimum absolute atomic E-state index is 0.121. The molecule has 0 radical (unpaired) electrons. The monoisotopic (exact) mass is 331 g/mol. The van der Waals surface area contributed by atoms with Gasteiger partial charge in [-0.1, -0.05) is 0 Å². The molecule has 2 aromatic rings.